The summed E-state index contributed by atoms with van der Waals surface area (Å²) in [6.07, 6.45) is 0. The quantitative estimate of drug-likeness (QED) is 0.777. The highest BCUT2D eigenvalue weighted by molar-refractivity contribution is 8.00. The molecule has 100 valence electrons. The molecule has 0 radical (unpaired) electrons. The Morgan fingerprint density at radius 1 is 1.39 bits per heavy atom. The van der Waals surface area contributed by atoms with Gasteiger partial charge in [-0.25, -0.2) is 0 Å². The van der Waals surface area contributed by atoms with Gasteiger partial charge < -0.3 is 10.6 Å². The lowest BCUT2D eigenvalue weighted by molar-refractivity contribution is -0.119. The second-order valence-electron chi connectivity index (χ2n) is 4.65. The summed E-state index contributed by atoms with van der Waals surface area (Å²) in [5.74, 6) is 0.559. The molecule has 2 N–H and O–H groups in total. The molecular formula is C14H22N2OS. The standard InChI is InChI=1S/C14H22N2OS/c1-10(2)16-14(17)9-18-13-6-5-11(3)7-12(13)8-15-4/h5-7,10,15H,8-9H2,1-4H3,(H,16,17). The first-order valence-corrected chi connectivity index (χ1v) is 7.17. The predicted octanol–water partition coefficient (Wildman–Crippen LogP) is 2.33. The summed E-state index contributed by atoms with van der Waals surface area (Å²) < 4.78 is 0. The van der Waals surface area contributed by atoms with Crippen LogP contribution in [0.5, 0.6) is 0 Å². The van der Waals surface area contributed by atoms with Gasteiger partial charge in [-0.15, -0.1) is 11.8 Å². The van der Waals surface area contributed by atoms with Crippen molar-refractivity contribution < 1.29 is 4.79 Å². The molecule has 1 aromatic carbocycles. The predicted molar refractivity (Wildman–Crippen MR) is 77.9 cm³/mol. The maximum Gasteiger partial charge on any atom is 0.230 e. The van der Waals surface area contributed by atoms with Gasteiger partial charge in [0.05, 0.1) is 5.75 Å². The van der Waals surface area contributed by atoms with E-state index in [-0.39, 0.29) is 11.9 Å². The van der Waals surface area contributed by atoms with E-state index in [1.165, 1.54) is 16.0 Å². The van der Waals surface area contributed by atoms with Crippen molar-refractivity contribution in [1.29, 1.82) is 0 Å². The van der Waals surface area contributed by atoms with E-state index >= 15 is 0 Å². The number of hydrogen-bond acceptors (Lipinski definition) is 3. The zero-order valence-electron chi connectivity index (χ0n) is 11.5. The average molecular weight is 266 g/mol. The van der Waals surface area contributed by atoms with Gasteiger partial charge in [0.2, 0.25) is 5.91 Å². The molecule has 1 aromatic rings. The van der Waals surface area contributed by atoms with Crippen molar-refractivity contribution in [2.45, 2.75) is 38.3 Å². The van der Waals surface area contributed by atoms with E-state index in [1.54, 1.807) is 11.8 Å². The summed E-state index contributed by atoms with van der Waals surface area (Å²) in [6.45, 7) is 6.86. The van der Waals surface area contributed by atoms with E-state index in [0.29, 0.717) is 5.75 Å². The van der Waals surface area contributed by atoms with Crippen LogP contribution >= 0.6 is 11.8 Å². The smallest absolute Gasteiger partial charge is 0.230 e. The van der Waals surface area contributed by atoms with E-state index in [0.717, 1.165) is 6.54 Å². The minimum atomic E-state index is 0.0889. The van der Waals surface area contributed by atoms with Crippen LogP contribution in [0.15, 0.2) is 23.1 Å². The van der Waals surface area contributed by atoms with E-state index in [2.05, 4.69) is 35.8 Å². The van der Waals surface area contributed by atoms with Crippen molar-refractivity contribution in [3.8, 4) is 0 Å². The van der Waals surface area contributed by atoms with Gasteiger partial charge in [-0.3, -0.25) is 4.79 Å². The van der Waals surface area contributed by atoms with Gasteiger partial charge in [0.25, 0.3) is 0 Å². The van der Waals surface area contributed by atoms with Crippen LogP contribution in [0.4, 0.5) is 0 Å². The van der Waals surface area contributed by atoms with Crippen LogP contribution in [-0.4, -0.2) is 24.7 Å². The molecule has 18 heavy (non-hydrogen) atoms. The van der Waals surface area contributed by atoms with Crippen molar-refractivity contribution in [2.75, 3.05) is 12.8 Å². The highest BCUT2D eigenvalue weighted by Crippen LogP contribution is 2.23. The van der Waals surface area contributed by atoms with Gasteiger partial charge in [-0.1, -0.05) is 17.7 Å². The number of carbonyl (C=O) groups is 1. The highest BCUT2D eigenvalue weighted by atomic mass is 32.2. The second-order valence-corrected chi connectivity index (χ2v) is 5.67. The van der Waals surface area contributed by atoms with Crippen molar-refractivity contribution >= 4 is 17.7 Å². The van der Waals surface area contributed by atoms with Crippen molar-refractivity contribution in [1.82, 2.24) is 10.6 Å². The molecule has 4 heteroatoms. The number of rotatable bonds is 6. The minimum Gasteiger partial charge on any atom is -0.353 e. The molecule has 0 spiro atoms. The fourth-order valence-corrected chi connectivity index (χ4v) is 2.54. The van der Waals surface area contributed by atoms with Gasteiger partial charge in [0.15, 0.2) is 0 Å². The zero-order valence-corrected chi connectivity index (χ0v) is 12.4. The SMILES string of the molecule is CNCc1cc(C)ccc1SCC(=O)NC(C)C. The van der Waals surface area contributed by atoms with Crippen LogP contribution < -0.4 is 10.6 Å². The van der Waals surface area contributed by atoms with Crippen molar-refractivity contribution in [2.24, 2.45) is 0 Å². The lowest BCUT2D eigenvalue weighted by atomic mass is 10.1. The highest BCUT2D eigenvalue weighted by Gasteiger charge is 2.07. The molecular weight excluding hydrogens is 244 g/mol. The fraction of sp³-hybridized carbons (Fsp3) is 0.500. The minimum absolute atomic E-state index is 0.0889. The first-order chi connectivity index (χ1) is 8.52. The third kappa shape index (κ3) is 5.10. The largest absolute Gasteiger partial charge is 0.353 e. The zero-order chi connectivity index (χ0) is 13.5. The fourth-order valence-electron chi connectivity index (χ4n) is 1.68. The van der Waals surface area contributed by atoms with Crippen molar-refractivity contribution in [3.63, 3.8) is 0 Å². The first kappa shape index (κ1) is 15.1. The number of carbonyl (C=O) groups excluding carboxylic acids is 1. The molecule has 1 amide bonds. The Morgan fingerprint density at radius 3 is 2.72 bits per heavy atom. The Hall–Kier alpha value is -1.00. The van der Waals surface area contributed by atoms with Crippen LogP contribution in [0.25, 0.3) is 0 Å². The molecule has 3 nitrogen and oxygen atoms in total. The molecule has 0 saturated heterocycles. The molecule has 0 heterocycles. The van der Waals surface area contributed by atoms with Crippen molar-refractivity contribution in [3.05, 3.63) is 29.3 Å². The van der Waals surface area contributed by atoms with E-state index in [1.807, 2.05) is 20.9 Å². The average Bonchev–Trinajstić information content (AvgIpc) is 2.27. The summed E-state index contributed by atoms with van der Waals surface area (Å²) in [6, 6.07) is 6.55. The van der Waals surface area contributed by atoms with Crippen LogP contribution in [0.3, 0.4) is 0 Å². The van der Waals surface area contributed by atoms with Gasteiger partial charge >= 0.3 is 0 Å². The van der Waals surface area contributed by atoms with Crippen LogP contribution in [0.2, 0.25) is 0 Å². The van der Waals surface area contributed by atoms with Gasteiger partial charge in [0, 0.05) is 17.5 Å². The Labute approximate surface area is 114 Å². The molecule has 0 bridgehead atoms. The summed E-state index contributed by atoms with van der Waals surface area (Å²) in [7, 11) is 1.93. The maximum atomic E-state index is 11.6. The number of hydrogen-bond donors (Lipinski definition) is 2. The summed E-state index contributed by atoms with van der Waals surface area (Å²) >= 11 is 1.59. The maximum absolute atomic E-state index is 11.6. The lowest BCUT2D eigenvalue weighted by Crippen LogP contribution is -2.31. The van der Waals surface area contributed by atoms with Crippen LogP contribution in [-0.2, 0) is 11.3 Å². The third-order valence-electron chi connectivity index (χ3n) is 2.39. The normalized spacial score (nSPS) is 10.7. The summed E-state index contributed by atoms with van der Waals surface area (Å²) in [4.78, 5) is 12.8. The molecule has 0 aliphatic carbocycles. The Kier molecular flexibility index (Phi) is 6.22. The third-order valence-corrected chi connectivity index (χ3v) is 3.51. The molecule has 1 rings (SSSR count). The van der Waals surface area contributed by atoms with Crippen LogP contribution in [0.1, 0.15) is 25.0 Å². The van der Waals surface area contributed by atoms with Crippen LogP contribution in [0, 0.1) is 6.92 Å². The Balaban J connectivity index is 2.63. The van der Waals surface area contributed by atoms with E-state index in [4.69, 9.17) is 0 Å². The lowest BCUT2D eigenvalue weighted by Gasteiger charge is -2.11. The number of nitrogens with one attached hydrogen (secondary N) is 2. The molecule has 0 atom stereocenters. The molecule has 0 aromatic heterocycles. The summed E-state index contributed by atoms with van der Waals surface area (Å²) in [5, 5.41) is 6.06. The Morgan fingerprint density at radius 2 is 2.11 bits per heavy atom. The van der Waals surface area contributed by atoms with Gasteiger partial charge in [0.1, 0.15) is 0 Å². The Bertz CT molecular complexity index is 405. The second kappa shape index (κ2) is 7.44. The van der Waals surface area contributed by atoms with Gasteiger partial charge in [-0.2, -0.15) is 0 Å². The number of benzene rings is 1. The molecule has 0 fully saturated rings. The number of aryl methyl sites for hydroxylation is 1. The number of amides is 1. The van der Waals surface area contributed by atoms with E-state index < -0.39 is 0 Å². The molecule has 0 aliphatic rings. The first-order valence-electron chi connectivity index (χ1n) is 6.19. The molecule has 0 aliphatic heterocycles. The van der Waals surface area contributed by atoms with Gasteiger partial charge in [-0.05, 0) is 39.4 Å². The van der Waals surface area contributed by atoms with E-state index in [9.17, 15) is 4.79 Å². The monoisotopic (exact) mass is 266 g/mol. The molecule has 0 saturated carbocycles. The number of thioether (sulfide) groups is 1. The topological polar surface area (TPSA) is 41.1 Å². The summed E-state index contributed by atoms with van der Waals surface area (Å²) in [5.41, 5.74) is 2.50. The molecule has 0 unspecified atom stereocenters.